The lowest BCUT2D eigenvalue weighted by molar-refractivity contribution is -0.904. The van der Waals surface area contributed by atoms with Crippen molar-refractivity contribution in [2.45, 2.75) is 181 Å². The van der Waals surface area contributed by atoms with Crippen LogP contribution in [0.1, 0.15) is 179 Å². The summed E-state index contributed by atoms with van der Waals surface area (Å²) in [5.41, 5.74) is 3.03. The molecule has 262 valence electrons. The third-order valence-corrected chi connectivity index (χ3v) is 9.45. The van der Waals surface area contributed by atoms with E-state index in [4.69, 9.17) is 0 Å². The van der Waals surface area contributed by atoms with E-state index in [1.807, 2.05) is 0 Å². The second kappa shape index (κ2) is 30.4. The Labute approximate surface area is 299 Å². The lowest BCUT2D eigenvalue weighted by atomic mass is 10.0. The fraction of sp³-hybridized carbons (Fsp3) is 0.850. The van der Waals surface area contributed by atoms with Crippen LogP contribution >= 0.6 is 0 Å². The van der Waals surface area contributed by atoms with Gasteiger partial charge < -0.3 is 42.9 Å². The van der Waals surface area contributed by atoms with Crippen LogP contribution in [-0.4, -0.2) is 50.2 Å². The highest BCUT2D eigenvalue weighted by Crippen LogP contribution is 2.18. The van der Waals surface area contributed by atoms with Crippen LogP contribution in [0.5, 0.6) is 0 Å². The summed E-state index contributed by atoms with van der Waals surface area (Å²) >= 11 is 0. The second-order valence-corrected chi connectivity index (χ2v) is 15.2. The van der Waals surface area contributed by atoms with E-state index in [0.717, 1.165) is 22.1 Å². The van der Waals surface area contributed by atoms with E-state index in [1.165, 1.54) is 178 Å². The molecular formula is C40H78Br2N2. The van der Waals surface area contributed by atoms with Crippen molar-refractivity contribution in [2.24, 2.45) is 0 Å². The predicted octanol–water partition coefficient (Wildman–Crippen LogP) is 6.25. The summed E-state index contributed by atoms with van der Waals surface area (Å²) in [5.74, 6) is 0. The topological polar surface area (TPSA) is 0 Å². The Morgan fingerprint density at radius 2 is 0.636 bits per heavy atom. The fourth-order valence-corrected chi connectivity index (χ4v) is 6.73. The molecule has 0 aliphatic carbocycles. The molecule has 1 aromatic rings. The van der Waals surface area contributed by atoms with Crippen molar-refractivity contribution < 1.29 is 42.9 Å². The molecule has 0 bridgehead atoms. The predicted molar refractivity (Wildman–Crippen MR) is 190 cm³/mol. The average Bonchev–Trinajstić information content (AvgIpc) is 2.94. The molecule has 0 N–H and O–H groups in total. The monoisotopic (exact) mass is 744 g/mol. The minimum Gasteiger partial charge on any atom is -1.00 e. The number of hydrogen-bond donors (Lipinski definition) is 0. The molecule has 0 heterocycles. The standard InChI is InChI=1S/C40H78N2.2BrH/c1-7-9-11-13-15-17-19-21-23-25-27-29-34-41(3,4)37-39-32-31-33-40(36-39)38-42(5,6)35-30-28-26-24-22-20-18-16-14-12-10-8-2;;/h31-33,36H,7-30,34-35,37-38H2,1-6H3;2*1H/q+2;;/p-2. The molecule has 0 fully saturated rings. The van der Waals surface area contributed by atoms with Crippen LogP contribution in [0, 0.1) is 0 Å². The van der Waals surface area contributed by atoms with Gasteiger partial charge in [-0.25, -0.2) is 0 Å². The van der Waals surface area contributed by atoms with Gasteiger partial charge in [-0.15, -0.1) is 0 Å². The first kappa shape index (κ1) is 46.2. The third-order valence-electron chi connectivity index (χ3n) is 9.45. The minimum absolute atomic E-state index is 0. The maximum absolute atomic E-state index is 2.50. The zero-order valence-electron chi connectivity index (χ0n) is 30.8. The second-order valence-electron chi connectivity index (χ2n) is 15.2. The molecule has 4 heteroatoms. The van der Waals surface area contributed by atoms with Gasteiger partial charge >= 0.3 is 0 Å². The van der Waals surface area contributed by atoms with Gasteiger partial charge in [0.05, 0.1) is 41.3 Å². The molecule has 1 aromatic carbocycles. The molecule has 0 aliphatic rings. The van der Waals surface area contributed by atoms with E-state index in [2.05, 4.69) is 66.3 Å². The van der Waals surface area contributed by atoms with E-state index in [0.29, 0.717) is 0 Å². The number of nitrogens with zero attached hydrogens (tertiary/aromatic N) is 2. The molecule has 44 heavy (non-hydrogen) atoms. The summed E-state index contributed by atoms with van der Waals surface area (Å²) in [4.78, 5) is 0. The van der Waals surface area contributed by atoms with E-state index in [-0.39, 0.29) is 34.0 Å². The van der Waals surface area contributed by atoms with E-state index >= 15 is 0 Å². The maximum atomic E-state index is 2.50. The first-order chi connectivity index (χ1) is 20.3. The largest absolute Gasteiger partial charge is 1.00 e. The van der Waals surface area contributed by atoms with Crippen molar-refractivity contribution >= 4 is 0 Å². The summed E-state index contributed by atoms with van der Waals surface area (Å²) in [5, 5.41) is 0. The van der Waals surface area contributed by atoms with Gasteiger partial charge in [-0.05, 0) is 31.7 Å². The number of halogens is 2. The molecule has 0 aliphatic heterocycles. The fourth-order valence-electron chi connectivity index (χ4n) is 6.73. The number of benzene rings is 1. The third kappa shape index (κ3) is 28.3. The highest BCUT2D eigenvalue weighted by atomic mass is 79.9. The van der Waals surface area contributed by atoms with Crippen LogP contribution < -0.4 is 34.0 Å². The van der Waals surface area contributed by atoms with Crippen molar-refractivity contribution in [1.29, 1.82) is 0 Å². The Bertz CT molecular complexity index is 677. The van der Waals surface area contributed by atoms with Gasteiger partial charge in [-0.3, -0.25) is 0 Å². The summed E-state index contributed by atoms with van der Waals surface area (Å²) in [6.07, 6.45) is 34.3. The number of quaternary nitrogens is 2. The van der Waals surface area contributed by atoms with Crippen molar-refractivity contribution in [3.05, 3.63) is 35.4 Å². The van der Waals surface area contributed by atoms with Crippen molar-refractivity contribution in [3.8, 4) is 0 Å². The van der Waals surface area contributed by atoms with E-state index < -0.39 is 0 Å². The number of rotatable bonds is 30. The van der Waals surface area contributed by atoms with Crippen LogP contribution in [-0.2, 0) is 13.1 Å². The van der Waals surface area contributed by atoms with Crippen LogP contribution in [0.15, 0.2) is 24.3 Å². The van der Waals surface area contributed by atoms with E-state index in [1.54, 1.807) is 0 Å². The molecule has 0 spiro atoms. The van der Waals surface area contributed by atoms with Crippen LogP contribution in [0.2, 0.25) is 0 Å². The van der Waals surface area contributed by atoms with Gasteiger partial charge in [0.1, 0.15) is 13.1 Å². The molecule has 1 rings (SSSR count). The van der Waals surface area contributed by atoms with Gasteiger partial charge in [0.15, 0.2) is 0 Å². The lowest BCUT2D eigenvalue weighted by Crippen LogP contribution is -3.00. The minimum atomic E-state index is 0. The molecular weight excluding hydrogens is 668 g/mol. The number of hydrogen-bond acceptors (Lipinski definition) is 0. The van der Waals surface area contributed by atoms with Gasteiger partial charge in [0.2, 0.25) is 0 Å². The number of unbranched alkanes of at least 4 members (excludes halogenated alkanes) is 22. The Morgan fingerprint density at radius 3 is 0.909 bits per heavy atom. The zero-order valence-corrected chi connectivity index (χ0v) is 33.9. The van der Waals surface area contributed by atoms with Crippen molar-refractivity contribution in [1.82, 2.24) is 0 Å². The Morgan fingerprint density at radius 1 is 0.386 bits per heavy atom. The van der Waals surface area contributed by atoms with Crippen LogP contribution in [0.4, 0.5) is 0 Å². The Hall–Kier alpha value is 0.1000. The van der Waals surface area contributed by atoms with Gasteiger partial charge in [0, 0.05) is 11.1 Å². The van der Waals surface area contributed by atoms with Gasteiger partial charge in [-0.2, -0.15) is 0 Å². The van der Waals surface area contributed by atoms with E-state index in [9.17, 15) is 0 Å². The lowest BCUT2D eigenvalue weighted by Gasteiger charge is -2.31. The Kier molecular flexibility index (Phi) is 32.0. The van der Waals surface area contributed by atoms with Crippen LogP contribution in [0.25, 0.3) is 0 Å². The van der Waals surface area contributed by atoms with Crippen molar-refractivity contribution in [2.75, 3.05) is 41.3 Å². The molecule has 0 aromatic heterocycles. The van der Waals surface area contributed by atoms with Crippen LogP contribution in [0.3, 0.4) is 0 Å². The summed E-state index contributed by atoms with van der Waals surface area (Å²) < 4.78 is 2.22. The molecule has 0 radical (unpaired) electrons. The smallest absolute Gasteiger partial charge is 0.104 e. The molecule has 0 unspecified atom stereocenters. The first-order valence-electron chi connectivity index (χ1n) is 19.0. The highest BCUT2D eigenvalue weighted by molar-refractivity contribution is 5.22. The van der Waals surface area contributed by atoms with Gasteiger partial charge in [-0.1, -0.05) is 160 Å². The normalized spacial score (nSPS) is 11.8. The summed E-state index contributed by atoms with van der Waals surface area (Å²) in [7, 11) is 9.72. The molecule has 0 atom stereocenters. The Balaban J connectivity index is 0. The maximum Gasteiger partial charge on any atom is 0.104 e. The quantitative estimate of drug-likeness (QED) is 0.0646. The van der Waals surface area contributed by atoms with Crippen molar-refractivity contribution in [3.63, 3.8) is 0 Å². The molecule has 0 amide bonds. The summed E-state index contributed by atoms with van der Waals surface area (Å²) in [6, 6.07) is 9.52. The molecule has 2 nitrogen and oxygen atoms in total. The van der Waals surface area contributed by atoms with Gasteiger partial charge in [0.25, 0.3) is 0 Å². The summed E-state index contributed by atoms with van der Waals surface area (Å²) in [6.45, 7) is 9.50. The molecule has 0 saturated carbocycles. The highest BCUT2D eigenvalue weighted by Gasteiger charge is 2.18. The molecule has 0 saturated heterocycles. The average molecular weight is 747 g/mol. The SMILES string of the molecule is CCCCCCCCCCCCCC[N+](C)(C)Cc1cccc(C[N+](C)(C)CCCCCCCCCCCCCC)c1.[Br-].[Br-]. The first-order valence-corrected chi connectivity index (χ1v) is 19.0. The zero-order chi connectivity index (χ0) is 30.8.